The molecule has 2 aromatic rings. The van der Waals surface area contributed by atoms with Crippen molar-refractivity contribution in [3.05, 3.63) is 35.8 Å². The molecular formula is C20H25FN4O2. The maximum Gasteiger partial charge on any atom is 0.268 e. The highest BCUT2D eigenvalue weighted by atomic mass is 19.1. The van der Waals surface area contributed by atoms with Crippen molar-refractivity contribution in [2.75, 3.05) is 13.1 Å². The highest BCUT2D eigenvalue weighted by molar-refractivity contribution is 6.00. The molecule has 2 aliphatic heterocycles. The molecule has 0 saturated carbocycles. The number of halogens is 1. The Labute approximate surface area is 157 Å². The number of aromatic nitrogens is 1. The molecule has 2 saturated heterocycles. The van der Waals surface area contributed by atoms with E-state index in [4.69, 9.17) is 0 Å². The fourth-order valence-electron chi connectivity index (χ4n) is 3.95. The standard InChI is InChI=1S/C20H25FN4O2/c1-19(2,3)16(18(27)25-9-15-20(25,4)10-22-15)24-17(26)14-8-11-7-12(21)5-6-13(11)23-14/h5-8,15-16,22-23H,9-10H2,1-4H3,(H,24,26)/t15-,16-,20?/m1/s1. The van der Waals surface area contributed by atoms with Gasteiger partial charge in [0.25, 0.3) is 5.91 Å². The van der Waals surface area contributed by atoms with Crippen molar-refractivity contribution in [1.82, 2.24) is 20.5 Å². The van der Waals surface area contributed by atoms with E-state index in [1.54, 1.807) is 12.1 Å². The van der Waals surface area contributed by atoms with E-state index in [0.29, 0.717) is 29.2 Å². The van der Waals surface area contributed by atoms with Gasteiger partial charge in [-0.2, -0.15) is 0 Å². The second-order valence-electron chi connectivity index (χ2n) is 8.93. The molecule has 3 heterocycles. The van der Waals surface area contributed by atoms with Gasteiger partial charge in [-0.05, 0) is 36.6 Å². The van der Waals surface area contributed by atoms with Crippen molar-refractivity contribution >= 4 is 22.7 Å². The monoisotopic (exact) mass is 372 g/mol. The lowest BCUT2D eigenvalue weighted by atomic mass is 9.72. The summed E-state index contributed by atoms with van der Waals surface area (Å²) in [6.45, 7) is 9.34. The summed E-state index contributed by atoms with van der Waals surface area (Å²) >= 11 is 0. The van der Waals surface area contributed by atoms with Crippen LogP contribution in [0.3, 0.4) is 0 Å². The molecule has 0 radical (unpaired) electrons. The lowest BCUT2D eigenvalue weighted by molar-refractivity contribution is -0.166. The predicted octanol–water partition coefficient (Wildman–Crippen LogP) is 2.02. The van der Waals surface area contributed by atoms with Gasteiger partial charge in [-0.3, -0.25) is 9.59 Å². The molecule has 7 heteroatoms. The summed E-state index contributed by atoms with van der Waals surface area (Å²) in [4.78, 5) is 30.8. The number of hydrogen-bond donors (Lipinski definition) is 3. The number of piperazine rings is 1. The summed E-state index contributed by atoms with van der Waals surface area (Å²) in [5.41, 5.74) is 0.405. The summed E-state index contributed by atoms with van der Waals surface area (Å²) in [7, 11) is 0. The predicted molar refractivity (Wildman–Crippen MR) is 101 cm³/mol. The quantitative estimate of drug-likeness (QED) is 0.772. The molecular weight excluding hydrogens is 347 g/mol. The van der Waals surface area contributed by atoms with Gasteiger partial charge >= 0.3 is 0 Å². The first-order valence-corrected chi connectivity index (χ1v) is 9.23. The van der Waals surface area contributed by atoms with Crippen molar-refractivity contribution in [3.63, 3.8) is 0 Å². The van der Waals surface area contributed by atoms with Gasteiger partial charge in [0, 0.05) is 30.0 Å². The summed E-state index contributed by atoms with van der Waals surface area (Å²) in [6.07, 6.45) is 0. The maximum absolute atomic E-state index is 13.4. The van der Waals surface area contributed by atoms with E-state index in [2.05, 4.69) is 22.5 Å². The molecule has 2 aliphatic rings. The van der Waals surface area contributed by atoms with Crippen LogP contribution in [-0.4, -0.2) is 52.4 Å². The van der Waals surface area contributed by atoms with E-state index in [9.17, 15) is 14.0 Å². The number of amides is 2. The average molecular weight is 372 g/mol. The van der Waals surface area contributed by atoms with E-state index < -0.39 is 11.5 Å². The number of rotatable bonds is 3. The minimum atomic E-state index is -0.647. The van der Waals surface area contributed by atoms with Gasteiger partial charge < -0.3 is 20.5 Å². The van der Waals surface area contributed by atoms with Gasteiger partial charge in [0.2, 0.25) is 5.91 Å². The summed E-state index contributed by atoms with van der Waals surface area (Å²) in [5.74, 6) is -0.780. The summed E-state index contributed by atoms with van der Waals surface area (Å²) in [5, 5.41) is 6.84. The number of nitrogens with zero attached hydrogens (tertiary/aromatic N) is 1. The van der Waals surface area contributed by atoms with Gasteiger partial charge in [0.1, 0.15) is 17.6 Å². The molecule has 3 N–H and O–H groups in total. The Morgan fingerprint density at radius 2 is 2.07 bits per heavy atom. The topological polar surface area (TPSA) is 77.2 Å². The van der Waals surface area contributed by atoms with Gasteiger partial charge in [-0.1, -0.05) is 20.8 Å². The van der Waals surface area contributed by atoms with Crippen LogP contribution in [0.2, 0.25) is 0 Å². The minimum absolute atomic E-state index is 0.0572. The largest absolute Gasteiger partial charge is 0.351 e. The van der Waals surface area contributed by atoms with E-state index >= 15 is 0 Å². The smallest absolute Gasteiger partial charge is 0.268 e. The lowest BCUT2D eigenvalue weighted by Crippen LogP contribution is -2.87. The Bertz CT molecular complexity index is 932. The molecule has 1 unspecified atom stereocenters. The van der Waals surface area contributed by atoms with Gasteiger partial charge in [0.15, 0.2) is 0 Å². The second kappa shape index (κ2) is 5.79. The Morgan fingerprint density at radius 1 is 1.33 bits per heavy atom. The van der Waals surface area contributed by atoms with Crippen LogP contribution >= 0.6 is 0 Å². The van der Waals surface area contributed by atoms with Crippen LogP contribution in [0.1, 0.15) is 38.2 Å². The van der Waals surface area contributed by atoms with Crippen molar-refractivity contribution in [2.45, 2.75) is 45.3 Å². The lowest BCUT2D eigenvalue weighted by Gasteiger charge is -2.65. The zero-order valence-corrected chi connectivity index (χ0v) is 16.0. The van der Waals surface area contributed by atoms with E-state index in [1.807, 2.05) is 25.7 Å². The summed E-state index contributed by atoms with van der Waals surface area (Å²) in [6, 6.07) is 5.62. The van der Waals surface area contributed by atoms with E-state index in [0.717, 1.165) is 6.54 Å². The van der Waals surface area contributed by atoms with E-state index in [-0.39, 0.29) is 23.2 Å². The number of carbonyl (C=O) groups is 2. The Hall–Kier alpha value is -2.41. The Kier molecular flexibility index (Phi) is 3.86. The third kappa shape index (κ3) is 2.81. The number of carbonyl (C=O) groups excluding carboxylic acids is 2. The minimum Gasteiger partial charge on any atom is -0.351 e. The maximum atomic E-state index is 13.4. The molecule has 27 heavy (non-hydrogen) atoms. The summed E-state index contributed by atoms with van der Waals surface area (Å²) < 4.78 is 13.4. The normalized spacial score (nSPS) is 25.4. The molecule has 3 atom stereocenters. The number of benzene rings is 1. The molecule has 4 rings (SSSR count). The van der Waals surface area contributed by atoms with Crippen LogP contribution in [0, 0.1) is 11.2 Å². The number of fused-ring (bicyclic) bond motifs is 2. The van der Waals surface area contributed by atoms with Crippen LogP contribution < -0.4 is 10.6 Å². The Morgan fingerprint density at radius 3 is 2.63 bits per heavy atom. The molecule has 1 aromatic carbocycles. The highest BCUT2D eigenvalue weighted by Gasteiger charge is 2.59. The molecule has 2 fully saturated rings. The molecule has 0 aliphatic carbocycles. The molecule has 0 spiro atoms. The fraction of sp³-hybridized carbons (Fsp3) is 0.500. The SMILES string of the molecule is CC(C)(C)[C@H](NC(=O)c1cc2cc(F)ccc2[nH]1)C(=O)N1C[C@H]2NCC21C. The van der Waals surface area contributed by atoms with Gasteiger partial charge in [-0.15, -0.1) is 0 Å². The van der Waals surface area contributed by atoms with Crippen molar-refractivity contribution in [1.29, 1.82) is 0 Å². The van der Waals surface area contributed by atoms with Crippen molar-refractivity contribution in [3.8, 4) is 0 Å². The van der Waals surface area contributed by atoms with Gasteiger partial charge in [0.05, 0.1) is 5.54 Å². The number of H-pyrrole nitrogens is 1. The zero-order chi connectivity index (χ0) is 19.6. The van der Waals surface area contributed by atoms with Crippen LogP contribution in [0.5, 0.6) is 0 Å². The molecule has 6 nitrogen and oxygen atoms in total. The van der Waals surface area contributed by atoms with Crippen LogP contribution in [0.4, 0.5) is 4.39 Å². The van der Waals surface area contributed by atoms with Crippen LogP contribution in [0.15, 0.2) is 24.3 Å². The first kappa shape index (κ1) is 18.0. The van der Waals surface area contributed by atoms with Crippen LogP contribution in [-0.2, 0) is 4.79 Å². The third-order valence-corrected chi connectivity index (χ3v) is 5.92. The first-order valence-electron chi connectivity index (χ1n) is 9.23. The van der Waals surface area contributed by atoms with Crippen molar-refractivity contribution < 1.29 is 14.0 Å². The molecule has 0 bridgehead atoms. The van der Waals surface area contributed by atoms with Crippen LogP contribution in [0.25, 0.3) is 10.9 Å². The first-order chi connectivity index (χ1) is 12.6. The second-order valence-corrected chi connectivity index (χ2v) is 8.93. The van der Waals surface area contributed by atoms with Crippen molar-refractivity contribution in [2.24, 2.45) is 5.41 Å². The highest BCUT2D eigenvalue weighted by Crippen LogP contribution is 2.38. The third-order valence-electron chi connectivity index (χ3n) is 5.92. The Balaban J connectivity index is 1.56. The molecule has 144 valence electrons. The molecule has 1 aromatic heterocycles. The number of nitrogens with one attached hydrogen (secondary N) is 3. The zero-order valence-electron chi connectivity index (χ0n) is 16.0. The average Bonchev–Trinajstić information content (AvgIpc) is 3.00. The fourth-order valence-corrected chi connectivity index (χ4v) is 3.95. The number of likely N-dealkylation sites (tertiary alicyclic amines) is 1. The molecule has 2 amide bonds. The van der Waals surface area contributed by atoms with Gasteiger partial charge in [-0.25, -0.2) is 4.39 Å². The number of aromatic amines is 1. The number of hydrogen-bond acceptors (Lipinski definition) is 3. The van der Waals surface area contributed by atoms with E-state index in [1.165, 1.54) is 12.1 Å².